The minimum atomic E-state index is -0.406. The van der Waals surface area contributed by atoms with E-state index in [2.05, 4.69) is 0 Å². The second kappa shape index (κ2) is 6.98. The van der Waals surface area contributed by atoms with Crippen LogP contribution >= 0.6 is 0 Å². The molecule has 1 unspecified atom stereocenters. The van der Waals surface area contributed by atoms with Gasteiger partial charge >= 0.3 is 6.09 Å². The topological polar surface area (TPSA) is 49.8 Å². The molecular formula is C14H27NO3. The molecule has 1 rings (SSSR count). The molecule has 106 valence electrons. The summed E-state index contributed by atoms with van der Waals surface area (Å²) < 4.78 is 5.37. The molecule has 0 bridgehead atoms. The molecule has 1 heterocycles. The molecule has 18 heavy (non-hydrogen) atoms. The average Bonchev–Trinajstić information content (AvgIpc) is 2.71. The van der Waals surface area contributed by atoms with Crippen molar-refractivity contribution < 1.29 is 14.6 Å². The molecule has 4 nitrogen and oxygen atoms in total. The Morgan fingerprint density at radius 3 is 2.67 bits per heavy atom. The molecule has 1 aliphatic heterocycles. The van der Waals surface area contributed by atoms with Crippen LogP contribution in [-0.2, 0) is 4.74 Å². The van der Waals surface area contributed by atoms with Crippen LogP contribution in [0.15, 0.2) is 0 Å². The molecule has 1 fully saturated rings. The van der Waals surface area contributed by atoms with Gasteiger partial charge in [-0.05, 0) is 46.0 Å². The quantitative estimate of drug-likeness (QED) is 0.770. The van der Waals surface area contributed by atoms with Gasteiger partial charge in [0.05, 0.1) is 0 Å². The first-order valence-corrected chi connectivity index (χ1v) is 7.01. The van der Waals surface area contributed by atoms with Gasteiger partial charge in [0.15, 0.2) is 0 Å². The summed E-state index contributed by atoms with van der Waals surface area (Å²) in [6.07, 6.45) is 5.17. The lowest BCUT2D eigenvalue weighted by molar-refractivity contribution is 0.0287. The Labute approximate surface area is 110 Å². The Bertz CT molecular complexity index is 260. The number of nitrogens with zero attached hydrogens (tertiary/aromatic N) is 1. The number of ether oxygens (including phenoxy) is 1. The fourth-order valence-corrected chi connectivity index (χ4v) is 2.28. The first-order chi connectivity index (χ1) is 8.42. The van der Waals surface area contributed by atoms with Gasteiger partial charge in [-0.25, -0.2) is 4.79 Å². The zero-order valence-electron chi connectivity index (χ0n) is 11.9. The largest absolute Gasteiger partial charge is 0.444 e. The van der Waals surface area contributed by atoms with Crippen LogP contribution < -0.4 is 0 Å². The number of hydrogen-bond acceptors (Lipinski definition) is 3. The third-order valence-corrected chi connectivity index (χ3v) is 3.21. The molecule has 0 aliphatic carbocycles. The van der Waals surface area contributed by atoms with Gasteiger partial charge < -0.3 is 14.7 Å². The third kappa shape index (κ3) is 5.71. The van der Waals surface area contributed by atoms with Crippen LogP contribution in [0.3, 0.4) is 0 Å². The van der Waals surface area contributed by atoms with Gasteiger partial charge in [-0.1, -0.05) is 12.8 Å². The number of aliphatic hydroxyl groups excluding tert-OH is 1. The summed E-state index contributed by atoms with van der Waals surface area (Å²) in [6.45, 7) is 7.62. The number of unbranched alkanes of at least 4 members (excludes halogenated alkanes) is 2. The Kier molecular flexibility index (Phi) is 5.93. The Morgan fingerprint density at radius 1 is 1.33 bits per heavy atom. The van der Waals surface area contributed by atoms with E-state index in [9.17, 15) is 4.79 Å². The Balaban J connectivity index is 2.22. The van der Waals surface area contributed by atoms with E-state index in [0.29, 0.717) is 5.92 Å². The summed E-state index contributed by atoms with van der Waals surface area (Å²) in [5, 5.41) is 8.71. The molecule has 0 spiro atoms. The molecule has 1 amide bonds. The maximum atomic E-state index is 11.9. The van der Waals surface area contributed by atoms with Crippen LogP contribution in [0.5, 0.6) is 0 Å². The highest BCUT2D eigenvalue weighted by atomic mass is 16.6. The summed E-state index contributed by atoms with van der Waals surface area (Å²) in [5.74, 6) is 0.608. The van der Waals surface area contributed by atoms with Crippen molar-refractivity contribution in [3.8, 4) is 0 Å². The van der Waals surface area contributed by atoms with Crippen molar-refractivity contribution in [1.82, 2.24) is 4.90 Å². The molecule has 0 aromatic rings. The highest BCUT2D eigenvalue weighted by Crippen LogP contribution is 2.23. The van der Waals surface area contributed by atoms with Gasteiger partial charge in [0, 0.05) is 19.7 Å². The second-order valence-electron chi connectivity index (χ2n) is 6.15. The zero-order valence-corrected chi connectivity index (χ0v) is 11.9. The maximum Gasteiger partial charge on any atom is 0.410 e. The summed E-state index contributed by atoms with van der Waals surface area (Å²) in [6, 6.07) is 0. The summed E-state index contributed by atoms with van der Waals surface area (Å²) in [5.41, 5.74) is -0.406. The minimum absolute atomic E-state index is 0.180. The molecule has 0 radical (unpaired) electrons. The summed E-state index contributed by atoms with van der Waals surface area (Å²) >= 11 is 0. The van der Waals surface area contributed by atoms with E-state index in [1.165, 1.54) is 0 Å². The molecule has 0 aromatic carbocycles. The lowest BCUT2D eigenvalue weighted by Crippen LogP contribution is -2.35. The van der Waals surface area contributed by atoms with Crippen molar-refractivity contribution in [3.05, 3.63) is 0 Å². The molecule has 1 saturated heterocycles. The van der Waals surface area contributed by atoms with Gasteiger partial charge in [0.25, 0.3) is 0 Å². The lowest BCUT2D eigenvalue weighted by Gasteiger charge is -2.24. The van der Waals surface area contributed by atoms with Crippen molar-refractivity contribution in [1.29, 1.82) is 0 Å². The molecular weight excluding hydrogens is 230 g/mol. The van der Waals surface area contributed by atoms with E-state index in [0.717, 1.165) is 45.2 Å². The molecule has 0 saturated carbocycles. The molecule has 1 atom stereocenters. The highest BCUT2D eigenvalue weighted by molar-refractivity contribution is 5.68. The fourth-order valence-electron chi connectivity index (χ4n) is 2.28. The standard InChI is InChI=1S/C14H27NO3/c1-14(2,3)18-13(17)15-9-8-12(11-15)7-5-4-6-10-16/h12,16H,4-11H2,1-3H3. The van der Waals surface area contributed by atoms with E-state index in [-0.39, 0.29) is 12.7 Å². The van der Waals surface area contributed by atoms with Crippen LogP contribution in [-0.4, -0.2) is 41.4 Å². The molecule has 1 N–H and O–H groups in total. The van der Waals surface area contributed by atoms with Gasteiger partial charge in [-0.3, -0.25) is 0 Å². The van der Waals surface area contributed by atoms with E-state index in [1.54, 1.807) is 0 Å². The number of rotatable bonds is 5. The smallest absolute Gasteiger partial charge is 0.410 e. The fraction of sp³-hybridized carbons (Fsp3) is 0.929. The lowest BCUT2D eigenvalue weighted by atomic mass is 10.0. The van der Waals surface area contributed by atoms with Crippen LogP contribution in [0.2, 0.25) is 0 Å². The zero-order chi connectivity index (χ0) is 13.6. The van der Waals surface area contributed by atoms with Crippen molar-refractivity contribution in [3.63, 3.8) is 0 Å². The first-order valence-electron chi connectivity index (χ1n) is 7.01. The van der Waals surface area contributed by atoms with Crippen molar-refractivity contribution in [2.45, 2.75) is 58.5 Å². The third-order valence-electron chi connectivity index (χ3n) is 3.21. The normalized spacial score (nSPS) is 20.2. The SMILES string of the molecule is CC(C)(C)OC(=O)N1CCC(CCCCCO)C1. The van der Waals surface area contributed by atoms with Gasteiger partial charge in [-0.2, -0.15) is 0 Å². The average molecular weight is 257 g/mol. The number of hydrogen-bond donors (Lipinski definition) is 1. The predicted octanol–water partition coefficient (Wildman–Crippen LogP) is 2.80. The number of carbonyl (C=O) groups is 1. The summed E-state index contributed by atoms with van der Waals surface area (Å²) in [7, 11) is 0. The first kappa shape index (κ1) is 15.3. The molecule has 4 heteroatoms. The second-order valence-corrected chi connectivity index (χ2v) is 6.15. The van der Waals surface area contributed by atoms with Crippen LogP contribution in [0, 0.1) is 5.92 Å². The van der Waals surface area contributed by atoms with Crippen molar-refractivity contribution in [2.75, 3.05) is 19.7 Å². The highest BCUT2D eigenvalue weighted by Gasteiger charge is 2.29. The minimum Gasteiger partial charge on any atom is -0.444 e. The van der Waals surface area contributed by atoms with Gasteiger partial charge in [0.2, 0.25) is 0 Å². The van der Waals surface area contributed by atoms with Crippen molar-refractivity contribution in [2.24, 2.45) is 5.92 Å². The predicted molar refractivity (Wildman–Crippen MR) is 71.5 cm³/mol. The monoisotopic (exact) mass is 257 g/mol. The van der Waals surface area contributed by atoms with E-state index in [4.69, 9.17) is 9.84 Å². The Hall–Kier alpha value is -0.770. The van der Waals surface area contributed by atoms with Crippen LogP contribution in [0.4, 0.5) is 4.79 Å². The van der Waals surface area contributed by atoms with E-state index < -0.39 is 5.60 Å². The molecule has 1 aliphatic rings. The number of amides is 1. The van der Waals surface area contributed by atoms with Gasteiger partial charge in [0.1, 0.15) is 5.60 Å². The van der Waals surface area contributed by atoms with E-state index >= 15 is 0 Å². The van der Waals surface area contributed by atoms with Crippen LogP contribution in [0.1, 0.15) is 52.9 Å². The molecule has 0 aromatic heterocycles. The maximum absolute atomic E-state index is 11.9. The van der Waals surface area contributed by atoms with Gasteiger partial charge in [-0.15, -0.1) is 0 Å². The number of aliphatic hydroxyl groups is 1. The van der Waals surface area contributed by atoms with E-state index in [1.807, 2.05) is 25.7 Å². The van der Waals surface area contributed by atoms with Crippen LogP contribution in [0.25, 0.3) is 0 Å². The number of likely N-dealkylation sites (tertiary alicyclic amines) is 1. The van der Waals surface area contributed by atoms with Crippen molar-refractivity contribution >= 4 is 6.09 Å². The Morgan fingerprint density at radius 2 is 2.06 bits per heavy atom. The summed E-state index contributed by atoms with van der Waals surface area (Å²) in [4.78, 5) is 13.7. The number of carbonyl (C=O) groups excluding carboxylic acids is 1.